The zero-order chi connectivity index (χ0) is 19.6. The fourth-order valence-corrected chi connectivity index (χ4v) is 3.77. The molecule has 0 aromatic carbocycles. The predicted octanol–water partition coefficient (Wildman–Crippen LogP) is 2.56. The van der Waals surface area contributed by atoms with Crippen LogP contribution < -0.4 is 5.32 Å². The summed E-state index contributed by atoms with van der Waals surface area (Å²) in [7, 11) is 3.39. The fraction of sp³-hybridized carbons (Fsp3) is 0.789. The number of aliphatic carboxylic acids is 1. The number of hydrogen-bond acceptors (Lipinski definition) is 6. The van der Waals surface area contributed by atoms with Crippen molar-refractivity contribution in [2.24, 2.45) is 5.92 Å². The van der Waals surface area contributed by atoms with Crippen LogP contribution in [0.1, 0.15) is 75.4 Å². The molecule has 0 radical (unpaired) electrons. The van der Waals surface area contributed by atoms with Crippen LogP contribution in [0.2, 0.25) is 0 Å². The monoisotopic (exact) mass is 380 g/mol. The van der Waals surface area contributed by atoms with E-state index in [1.807, 2.05) is 0 Å². The van der Waals surface area contributed by atoms with E-state index in [-0.39, 0.29) is 24.8 Å². The van der Waals surface area contributed by atoms with E-state index in [9.17, 15) is 14.7 Å². The van der Waals surface area contributed by atoms with E-state index in [0.29, 0.717) is 18.3 Å². The van der Waals surface area contributed by atoms with Crippen LogP contribution in [0.4, 0.5) is 0 Å². The smallest absolute Gasteiger partial charge is 0.304 e. The van der Waals surface area contributed by atoms with Crippen LogP contribution in [0, 0.1) is 5.92 Å². The quantitative estimate of drug-likeness (QED) is 0.607. The molecule has 1 fully saturated rings. The maximum Gasteiger partial charge on any atom is 0.304 e. The van der Waals surface area contributed by atoms with Gasteiger partial charge in [-0.1, -0.05) is 50.1 Å². The SMILES string of the molecule is CNC(=O)CN(C)Cc1noc(C(CCCC2CCCCC2)CC(=O)O)n1. The van der Waals surface area contributed by atoms with Gasteiger partial charge in [-0.05, 0) is 19.4 Å². The summed E-state index contributed by atoms with van der Waals surface area (Å²) in [5.41, 5.74) is 0. The predicted molar refractivity (Wildman–Crippen MR) is 100 cm³/mol. The molecule has 1 unspecified atom stereocenters. The van der Waals surface area contributed by atoms with Crippen LogP contribution in [0.5, 0.6) is 0 Å². The molecule has 8 nitrogen and oxygen atoms in total. The highest BCUT2D eigenvalue weighted by Gasteiger charge is 2.23. The van der Waals surface area contributed by atoms with Gasteiger partial charge in [0.05, 0.1) is 19.5 Å². The number of hydrogen-bond donors (Lipinski definition) is 2. The molecular weight excluding hydrogens is 348 g/mol. The van der Waals surface area contributed by atoms with Crippen LogP contribution in [0.15, 0.2) is 4.52 Å². The van der Waals surface area contributed by atoms with Gasteiger partial charge in [0.15, 0.2) is 5.82 Å². The first-order valence-electron chi connectivity index (χ1n) is 9.91. The number of aromatic nitrogens is 2. The minimum atomic E-state index is -0.853. The topological polar surface area (TPSA) is 109 Å². The molecule has 1 heterocycles. The largest absolute Gasteiger partial charge is 0.481 e. The molecule has 0 spiro atoms. The van der Waals surface area contributed by atoms with Crippen molar-refractivity contribution < 1.29 is 19.2 Å². The summed E-state index contributed by atoms with van der Waals surface area (Å²) in [6, 6.07) is 0. The van der Waals surface area contributed by atoms with Crippen molar-refractivity contribution in [2.45, 2.75) is 70.3 Å². The van der Waals surface area contributed by atoms with Crippen molar-refractivity contribution in [1.82, 2.24) is 20.4 Å². The van der Waals surface area contributed by atoms with Crippen molar-refractivity contribution in [3.8, 4) is 0 Å². The summed E-state index contributed by atoms with van der Waals surface area (Å²) < 4.78 is 5.35. The highest BCUT2D eigenvalue weighted by Crippen LogP contribution is 2.31. The zero-order valence-electron chi connectivity index (χ0n) is 16.4. The van der Waals surface area contributed by atoms with Gasteiger partial charge in [0, 0.05) is 13.0 Å². The van der Waals surface area contributed by atoms with Gasteiger partial charge in [0.1, 0.15) is 0 Å². The lowest BCUT2D eigenvalue weighted by molar-refractivity contribution is -0.137. The van der Waals surface area contributed by atoms with E-state index in [2.05, 4.69) is 15.5 Å². The lowest BCUT2D eigenvalue weighted by atomic mass is 9.84. The summed E-state index contributed by atoms with van der Waals surface area (Å²) in [6.45, 7) is 0.610. The Bertz CT molecular complexity index is 598. The summed E-state index contributed by atoms with van der Waals surface area (Å²) in [4.78, 5) is 28.8. The Hall–Kier alpha value is -1.96. The van der Waals surface area contributed by atoms with Crippen LogP contribution in [-0.4, -0.2) is 52.7 Å². The number of nitrogens with zero attached hydrogens (tertiary/aromatic N) is 3. The Kier molecular flexibility index (Phi) is 8.71. The summed E-state index contributed by atoms with van der Waals surface area (Å²) >= 11 is 0. The number of carbonyl (C=O) groups excluding carboxylic acids is 1. The lowest BCUT2D eigenvalue weighted by Gasteiger charge is -2.21. The minimum absolute atomic E-state index is 0.000377. The zero-order valence-corrected chi connectivity index (χ0v) is 16.4. The van der Waals surface area contributed by atoms with Crippen molar-refractivity contribution >= 4 is 11.9 Å². The third kappa shape index (κ3) is 7.66. The summed E-state index contributed by atoms with van der Waals surface area (Å²) in [5, 5.41) is 15.8. The Morgan fingerprint density at radius 2 is 2.07 bits per heavy atom. The number of rotatable bonds is 11. The van der Waals surface area contributed by atoms with Crippen molar-refractivity contribution in [3.63, 3.8) is 0 Å². The number of amides is 1. The number of nitrogens with one attached hydrogen (secondary N) is 1. The average Bonchev–Trinajstić information content (AvgIpc) is 3.09. The second-order valence-electron chi connectivity index (χ2n) is 7.62. The van der Waals surface area contributed by atoms with Gasteiger partial charge < -0.3 is 14.9 Å². The highest BCUT2D eigenvalue weighted by atomic mass is 16.5. The Balaban J connectivity index is 1.88. The maximum absolute atomic E-state index is 11.4. The Morgan fingerprint density at radius 1 is 1.33 bits per heavy atom. The molecule has 0 aliphatic heterocycles. The number of carboxylic acids is 1. The normalized spacial score (nSPS) is 16.4. The molecule has 1 saturated carbocycles. The lowest BCUT2D eigenvalue weighted by Crippen LogP contribution is -2.32. The molecular formula is C19H32N4O4. The fourth-order valence-electron chi connectivity index (χ4n) is 3.77. The molecule has 2 N–H and O–H groups in total. The van der Waals surface area contributed by atoms with E-state index in [4.69, 9.17) is 4.52 Å². The highest BCUT2D eigenvalue weighted by molar-refractivity contribution is 5.77. The second kappa shape index (κ2) is 11.0. The molecule has 2 rings (SSSR count). The van der Waals surface area contributed by atoms with E-state index in [0.717, 1.165) is 25.2 Å². The van der Waals surface area contributed by atoms with Gasteiger partial charge in [-0.15, -0.1) is 0 Å². The van der Waals surface area contributed by atoms with E-state index in [1.54, 1.807) is 19.0 Å². The minimum Gasteiger partial charge on any atom is -0.481 e. The molecule has 1 amide bonds. The van der Waals surface area contributed by atoms with E-state index < -0.39 is 5.97 Å². The summed E-state index contributed by atoms with van der Waals surface area (Å²) in [5.74, 6) is 0.447. The number of likely N-dealkylation sites (N-methyl/N-ethyl adjacent to an activating group) is 2. The van der Waals surface area contributed by atoms with E-state index >= 15 is 0 Å². The van der Waals surface area contributed by atoms with Crippen LogP contribution >= 0.6 is 0 Å². The Morgan fingerprint density at radius 3 is 2.74 bits per heavy atom. The third-order valence-corrected chi connectivity index (χ3v) is 5.25. The third-order valence-electron chi connectivity index (χ3n) is 5.25. The molecule has 8 heteroatoms. The molecule has 1 aromatic heterocycles. The molecule has 1 aliphatic carbocycles. The molecule has 0 bridgehead atoms. The first kappa shape index (κ1) is 21.3. The number of carboxylic acid groups (broad SMARTS) is 1. The van der Waals surface area contributed by atoms with Crippen molar-refractivity contribution in [2.75, 3.05) is 20.6 Å². The average molecular weight is 380 g/mol. The summed E-state index contributed by atoms with van der Waals surface area (Å²) in [6.07, 6.45) is 9.45. The standard InChI is InChI=1S/C19H32N4O4/c1-20-17(24)13-23(2)12-16-21-19(27-22-16)15(11-18(25)26)10-6-9-14-7-4-3-5-8-14/h14-15H,3-13H2,1-2H3,(H,20,24)(H,25,26). The molecule has 1 atom stereocenters. The molecule has 1 aromatic rings. The van der Waals surface area contributed by atoms with Gasteiger partial charge >= 0.3 is 5.97 Å². The maximum atomic E-state index is 11.4. The van der Waals surface area contributed by atoms with Crippen LogP contribution in [-0.2, 0) is 16.1 Å². The van der Waals surface area contributed by atoms with Crippen LogP contribution in [0.25, 0.3) is 0 Å². The van der Waals surface area contributed by atoms with Gasteiger partial charge in [0.2, 0.25) is 11.8 Å². The second-order valence-corrected chi connectivity index (χ2v) is 7.62. The van der Waals surface area contributed by atoms with Gasteiger partial charge in [-0.25, -0.2) is 0 Å². The molecule has 27 heavy (non-hydrogen) atoms. The van der Waals surface area contributed by atoms with Gasteiger partial charge in [-0.2, -0.15) is 4.98 Å². The molecule has 0 saturated heterocycles. The van der Waals surface area contributed by atoms with Crippen molar-refractivity contribution in [1.29, 1.82) is 0 Å². The van der Waals surface area contributed by atoms with Crippen molar-refractivity contribution in [3.05, 3.63) is 11.7 Å². The molecule has 152 valence electrons. The van der Waals surface area contributed by atoms with Gasteiger partial charge in [-0.3, -0.25) is 14.5 Å². The van der Waals surface area contributed by atoms with Crippen LogP contribution in [0.3, 0.4) is 0 Å². The molecule has 1 aliphatic rings. The Labute approximate surface area is 160 Å². The van der Waals surface area contributed by atoms with Gasteiger partial charge in [0.25, 0.3) is 0 Å². The first-order valence-corrected chi connectivity index (χ1v) is 9.91. The first-order chi connectivity index (χ1) is 13.0. The van der Waals surface area contributed by atoms with E-state index in [1.165, 1.54) is 32.1 Å². The number of carbonyl (C=O) groups is 2.